The molecular formula is C7H5ClN2O4S. The van der Waals surface area contributed by atoms with E-state index in [4.69, 9.17) is 10.7 Å². The number of carbonyl (C=O) groups excluding carboxylic acids is 1. The van der Waals surface area contributed by atoms with Crippen LogP contribution >= 0.6 is 21.7 Å². The first kappa shape index (κ1) is 11.7. The van der Waals surface area contributed by atoms with Crippen LogP contribution in [0.1, 0.15) is 10.5 Å². The Hall–Kier alpha value is -1.34. The van der Waals surface area contributed by atoms with Gasteiger partial charge in [-0.25, -0.2) is 0 Å². The van der Waals surface area contributed by atoms with Crippen LogP contribution < -0.4 is 5.56 Å². The highest BCUT2D eigenvalue weighted by Gasteiger charge is 2.18. The van der Waals surface area contributed by atoms with Gasteiger partial charge in [-0.05, 0) is 16.7 Å². The Morgan fingerprint density at radius 2 is 2.20 bits per heavy atom. The Morgan fingerprint density at radius 3 is 2.67 bits per heavy atom. The Labute approximate surface area is 92.5 Å². The number of nitrogens with zero attached hydrogens (tertiary/aromatic N) is 2. The Balaban J connectivity index is 3.41. The first-order valence-electron chi connectivity index (χ1n) is 3.66. The lowest BCUT2D eigenvalue weighted by atomic mass is 10.3. The smallest absolute Gasteiger partial charge is 0.302 e. The number of hydrogen-bond donors (Lipinski definition) is 0. The molecule has 0 fully saturated rings. The van der Waals surface area contributed by atoms with Crippen LogP contribution in [0.3, 0.4) is 0 Å². The second-order valence-electron chi connectivity index (χ2n) is 2.59. The van der Waals surface area contributed by atoms with E-state index in [0.717, 1.165) is 10.6 Å². The molecule has 0 atom stereocenters. The van der Waals surface area contributed by atoms with Crippen molar-refractivity contribution in [3.8, 4) is 0 Å². The van der Waals surface area contributed by atoms with Gasteiger partial charge in [-0.15, -0.1) is 0 Å². The maximum absolute atomic E-state index is 11.4. The standard InChI is InChI=1S/C7H5ClN2O4S/c1-9-5(7(12)15-8)3-2-4(6(9)11)10(13)14/h2-3H,1H3. The quantitative estimate of drug-likeness (QED) is 0.582. The van der Waals surface area contributed by atoms with E-state index in [0.29, 0.717) is 11.0 Å². The molecule has 0 aliphatic carbocycles. The van der Waals surface area contributed by atoms with Crippen molar-refractivity contribution in [3.63, 3.8) is 0 Å². The van der Waals surface area contributed by atoms with Gasteiger partial charge in [0.1, 0.15) is 0 Å². The molecule has 1 aromatic heterocycles. The van der Waals surface area contributed by atoms with Crippen molar-refractivity contribution in [1.29, 1.82) is 0 Å². The van der Waals surface area contributed by atoms with Gasteiger partial charge in [0.05, 0.1) is 10.6 Å². The molecule has 0 unspecified atom stereocenters. The van der Waals surface area contributed by atoms with Crippen LogP contribution in [-0.4, -0.2) is 14.6 Å². The predicted octanol–water partition coefficient (Wildman–Crippen LogP) is 1.32. The average Bonchev–Trinajstić information content (AvgIpc) is 2.20. The third-order valence-corrected chi connectivity index (χ3v) is 2.53. The molecular weight excluding hydrogens is 244 g/mol. The summed E-state index contributed by atoms with van der Waals surface area (Å²) in [5.74, 6) is 0. The van der Waals surface area contributed by atoms with E-state index >= 15 is 0 Å². The second-order valence-corrected chi connectivity index (χ2v) is 3.58. The largest absolute Gasteiger partial charge is 0.334 e. The lowest BCUT2D eigenvalue weighted by Crippen LogP contribution is -2.23. The SMILES string of the molecule is Cn1c(C(=O)SCl)ccc([N+](=O)[O-])c1=O. The number of hydrogen-bond acceptors (Lipinski definition) is 5. The highest BCUT2D eigenvalue weighted by molar-refractivity contribution is 8.33. The van der Waals surface area contributed by atoms with Gasteiger partial charge >= 0.3 is 11.2 Å². The fraction of sp³-hybridized carbons (Fsp3) is 0.143. The van der Waals surface area contributed by atoms with Crippen molar-refractivity contribution in [1.82, 2.24) is 4.57 Å². The van der Waals surface area contributed by atoms with Crippen molar-refractivity contribution in [2.24, 2.45) is 7.05 Å². The number of rotatable bonds is 2. The molecule has 0 aromatic carbocycles. The van der Waals surface area contributed by atoms with Crippen molar-refractivity contribution >= 4 is 32.5 Å². The first-order chi connectivity index (χ1) is 6.99. The molecule has 0 bridgehead atoms. The van der Waals surface area contributed by atoms with Crippen LogP contribution in [0.5, 0.6) is 0 Å². The summed E-state index contributed by atoms with van der Waals surface area (Å²) in [5, 5.41) is 9.86. The van der Waals surface area contributed by atoms with Crippen molar-refractivity contribution in [2.75, 3.05) is 0 Å². The van der Waals surface area contributed by atoms with E-state index in [9.17, 15) is 19.7 Å². The highest BCUT2D eigenvalue weighted by Crippen LogP contribution is 2.15. The van der Waals surface area contributed by atoms with Crippen LogP contribution in [0.25, 0.3) is 0 Å². The van der Waals surface area contributed by atoms with Gasteiger partial charge in [-0.1, -0.05) is 0 Å². The summed E-state index contributed by atoms with van der Waals surface area (Å²) in [6, 6.07) is 2.18. The van der Waals surface area contributed by atoms with Crippen LogP contribution in [0.2, 0.25) is 0 Å². The van der Waals surface area contributed by atoms with E-state index in [-0.39, 0.29) is 5.69 Å². The Morgan fingerprint density at radius 1 is 1.60 bits per heavy atom. The summed E-state index contributed by atoms with van der Waals surface area (Å²) in [7, 11) is 6.92. The molecule has 0 radical (unpaired) electrons. The van der Waals surface area contributed by atoms with E-state index in [1.807, 2.05) is 0 Å². The summed E-state index contributed by atoms with van der Waals surface area (Å²) in [4.78, 5) is 32.1. The van der Waals surface area contributed by atoms with Gasteiger partial charge in [-0.3, -0.25) is 19.7 Å². The maximum Gasteiger partial charge on any atom is 0.334 e. The van der Waals surface area contributed by atoms with Gasteiger partial charge in [0, 0.05) is 24.1 Å². The van der Waals surface area contributed by atoms with Gasteiger partial charge in [0.25, 0.3) is 5.12 Å². The zero-order chi connectivity index (χ0) is 11.6. The van der Waals surface area contributed by atoms with E-state index < -0.39 is 21.3 Å². The molecule has 0 saturated carbocycles. The van der Waals surface area contributed by atoms with Gasteiger partial charge in [-0.2, -0.15) is 0 Å². The van der Waals surface area contributed by atoms with Gasteiger partial charge in [0.2, 0.25) is 0 Å². The van der Waals surface area contributed by atoms with Crippen LogP contribution in [0.15, 0.2) is 16.9 Å². The fourth-order valence-electron chi connectivity index (χ4n) is 1.01. The molecule has 0 spiro atoms. The van der Waals surface area contributed by atoms with Crippen molar-refractivity contribution in [3.05, 3.63) is 38.3 Å². The van der Waals surface area contributed by atoms with Crippen molar-refractivity contribution < 1.29 is 9.72 Å². The van der Waals surface area contributed by atoms with E-state index in [2.05, 4.69) is 0 Å². The average molecular weight is 249 g/mol. The molecule has 1 rings (SSSR count). The zero-order valence-corrected chi connectivity index (χ0v) is 9.04. The predicted molar refractivity (Wildman–Crippen MR) is 56.1 cm³/mol. The third-order valence-electron chi connectivity index (χ3n) is 1.76. The number of nitro groups is 1. The molecule has 6 nitrogen and oxygen atoms in total. The molecule has 80 valence electrons. The number of pyridine rings is 1. The lowest BCUT2D eigenvalue weighted by Gasteiger charge is -2.03. The monoisotopic (exact) mass is 248 g/mol. The highest BCUT2D eigenvalue weighted by atomic mass is 35.7. The summed E-state index contributed by atoms with van der Waals surface area (Å²) in [6.45, 7) is 0. The van der Waals surface area contributed by atoms with Gasteiger partial charge in [0.15, 0.2) is 0 Å². The second kappa shape index (κ2) is 4.45. The Bertz CT molecular complexity index is 484. The minimum absolute atomic E-state index is 0.0191. The topological polar surface area (TPSA) is 82.2 Å². The van der Waals surface area contributed by atoms with Crippen LogP contribution in [0, 0.1) is 10.1 Å². The molecule has 15 heavy (non-hydrogen) atoms. The maximum atomic E-state index is 11.4. The number of carbonyl (C=O) groups is 1. The third kappa shape index (κ3) is 2.18. The molecule has 0 saturated heterocycles. The molecule has 0 aliphatic heterocycles. The summed E-state index contributed by atoms with van der Waals surface area (Å²) in [5.41, 5.74) is -1.39. The Kier molecular flexibility index (Phi) is 3.48. The number of aromatic nitrogens is 1. The van der Waals surface area contributed by atoms with E-state index in [1.54, 1.807) is 0 Å². The summed E-state index contributed by atoms with van der Waals surface area (Å²) >= 11 is 0. The molecule has 8 heteroatoms. The molecule has 1 aromatic rings. The molecule has 0 amide bonds. The molecule has 1 heterocycles. The summed E-state index contributed by atoms with van der Waals surface area (Å²) < 4.78 is 0.899. The molecule has 0 N–H and O–H groups in total. The van der Waals surface area contributed by atoms with Crippen molar-refractivity contribution in [2.45, 2.75) is 0 Å². The van der Waals surface area contributed by atoms with Gasteiger partial charge < -0.3 is 4.57 Å². The lowest BCUT2D eigenvalue weighted by molar-refractivity contribution is -0.386. The minimum Gasteiger partial charge on any atom is -0.302 e. The fourth-order valence-corrected chi connectivity index (χ4v) is 1.53. The minimum atomic E-state index is -0.837. The van der Waals surface area contributed by atoms with Crippen LogP contribution in [0.4, 0.5) is 5.69 Å². The van der Waals surface area contributed by atoms with E-state index in [1.165, 1.54) is 13.1 Å². The first-order valence-corrected chi connectivity index (χ1v) is 5.30. The van der Waals surface area contributed by atoms with Crippen LogP contribution in [-0.2, 0) is 7.05 Å². The normalized spacial score (nSPS) is 10.0. The molecule has 0 aliphatic rings. The summed E-state index contributed by atoms with van der Waals surface area (Å²) in [6.07, 6.45) is 0. The zero-order valence-electron chi connectivity index (χ0n) is 7.47. The number of halogens is 1.